The van der Waals surface area contributed by atoms with Crippen LogP contribution in [0.15, 0.2) is 40.9 Å². The van der Waals surface area contributed by atoms with Crippen LogP contribution < -0.4 is 5.32 Å². The Balaban J connectivity index is 2.33. The molecule has 0 radical (unpaired) electrons. The van der Waals surface area contributed by atoms with E-state index < -0.39 is 0 Å². The summed E-state index contributed by atoms with van der Waals surface area (Å²) in [5.41, 5.74) is 2.09. The quantitative estimate of drug-likeness (QED) is 0.749. The van der Waals surface area contributed by atoms with Gasteiger partial charge in [0.25, 0.3) is 5.91 Å². The number of hydrogen-bond donors (Lipinski definition) is 1. The van der Waals surface area contributed by atoms with Crippen LogP contribution in [0.5, 0.6) is 0 Å². The van der Waals surface area contributed by atoms with Crippen LogP contribution in [0.1, 0.15) is 22.8 Å². The molecule has 20 heavy (non-hydrogen) atoms. The molecule has 2 rings (SSSR count). The second kappa shape index (κ2) is 6.61. The maximum atomic E-state index is 12.3. The second-order valence-corrected chi connectivity index (χ2v) is 5.94. The summed E-state index contributed by atoms with van der Waals surface area (Å²) in [5.74, 6) is -0.308. The molecule has 0 aliphatic carbocycles. The van der Waals surface area contributed by atoms with Gasteiger partial charge in [-0.05, 0) is 42.3 Å². The van der Waals surface area contributed by atoms with E-state index in [0.717, 1.165) is 22.1 Å². The summed E-state index contributed by atoms with van der Waals surface area (Å²) in [5, 5.41) is 3.53. The van der Waals surface area contributed by atoms with E-state index in [4.69, 9.17) is 23.2 Å². The normalized spacial score (nSPS) is 10.4. The van der Waals surface area contributed by atoms with Gasteiger partial charge in [0.2, 0.25) is 0 Å². The molecule has 2 aromatic rings. The van der Waals surface area contributed by atoms with Gasteiger partial charge in [0.1, 0.15) is 0 Å². The van der Waals surface area contributed by atoms with Crippen LogP contribution in [0.2, 0.25) is 10.0 Å². The van der Waals surface area contributed by atoms with Gasteiger partial charge >= 0.3 is 0 Å². The molecule has 0 aliphatic rings. The number of aryl methyl sites for hydroxylation is 1. The third-order valence-corrected chi connectivity index (χ3v) is 4.01. The van der Waals surface area contributed by atoms with Crippen LogP contribution in [0.4, 0.5) is 5.69 Å². The molecular formula is C15H12BrCl2NO. The monoisotopic (exact) mass is 371 g/mol. The first kappa shape index (κ1) is 15.4. The van der Waals surface area contributed by atoms with Crippen molar-refractivity contribution >= 4 is 50.7 Å². The van der Waals surface area contributed by atoms with Gasteiger partial charge in [-0.2, -0.15) is 0 Å². The van der Waals surface area contributed by atoms with E-state index in [1.807, 2.05) is 25.1 Å². The van der Waals surface area contributed by atoms with Gasteiger partial charge in [-0.1, -0.05) is 52.1 Å². The largest absolute Gasteiger partial charge is 0.322 e. The summed E-state index contributed by atoms with van der Waals surface area (Å²) in [7, 11) is 0. The first-order valence-electron chi connectivity index (χ1n) is 6.06. The minimum Gasteiger partial charge on any atom is -0.322 e. The first-order valence-corrected chi connectivity index (χ1v) is 7.61. The highest BCUT2D eigenvalue weighted by Crippen LogP contribution is 2.27. The predicted octanol–water partition coefficient (Wildman–Crippen LogP) is 5.57. The highest BCUT2D eigenvalue weighted by atomic mass is 79.9. The Morgan fingerprint density at radius 3 is 2.45 bits per heavy atom. The molecule has 0 aliphatic heterocycles. The van der Waals surface area contributed by atoms with Gasteiger partial charge in [-0.3, -0.25) is 4.79 Å². The maximum absolute atomic E-state index is 12.3. The van der Waals surface area contributed by atoms with Gasteiger partial charge in [-0.15, -0.1) is 0 Å². The Bertz CT molecular complexity index is 638. The molecule has 0 fully saturated rings. The number of carbonyl (C=O) groups is 1. The van der Waals surface area contributed by atoms with E-state index in [9.17, 15) is 4.79 Å². The number of halogens is 3. The lowest BCUT2D eigenvalue weighted by Gasteiger charge is -2.12. The number of amides is 1. The van der Waals surface area contributed by atoms with Crippen LogP contribution in [0, 0.1) is 0 Å². The van der Waals surface area contributed by atoms with Crippen molar-refractivity contribution in [1.29, 1.82) is 0 Å². The highest BCUT2D eigenvalue weighted by molar-refractivity contribution is 9.10. The number of nitrogens with one attached hydrogen (secondary N) is 1. The number of benzene rings is 2. The molecule has 0 saturated heterocycles. The Morgan fingerprint density at radius 1 is 1.20 bits per heavy atom. The van der Waals surface area contributed by atoms with Crippen molar-refractivity contribution in [3.05, 3.63) is 62.0 Å². The number of hydrogen-bond acceptors (Lipinski definition) is 1. The fraction of sp³-hybridized carbons (Fsp3) is 0.133. The number of rotatable bonds is 3. The lowest BCUT2D eigenvalue weighted by molar-refractivity contribution is 0.102. The molecule has 5 heteroatoms. The van der Waals surface area contributed by atoms with Crippen molar-refractivity contribution in [1.82, 2.24) is 0 Å². The fourth-order valence-electron chi connectivity index (χ4n) is 1.88. The van der Waals surface area contributed by atoms with Gasteiger partial charge in [0.05, 0.1) is 15.6 Å². The van der Waals surface area contributed by atoms with Crippen LogP contribution >= 0.6 is 39.1 Å². The molecule has 0 atom stereocenters. The third-order valence-electron chi connectivity index (χ3n) is 2.89. The second-order valence-electron chi connectivity index (χ2n) is 4.21. The Hall–Kier alpha value is -1.03. The fourth-order valence-corrected chi connectivity index (χ4v) is 2.85. The van der Waals surface area contributed by atoms with Crippen molar-refractivity contribution in [2.24, 2.45) is 0 Å². The molecular weight excluding hydrogens is 361 g/mol. The smallest absolute Gasteiger partial charge is 0.258 e. The van der Waals surface area contributed by atoms with E-state index in [0.29, 0.717) is 15.6 Å². The van der Waals surface area contributed by atoms with Gasteiger partial charge < -0.3 is 5.32 Å². The number of anilines is 1. The average Bonchev–Trinajstić information content (AvgIpc) is 2.40. The molecule has 0 bridgehead atoms. The maximum Gasteiger partial charge on any atom is 0.258 e. The van der Waals surface area contributed by atoms with E-state index in [-0.39, 0.29) is 5.91 Å². The molecule has 0 aromatic heterocycles. The van der Waals surface area contributed by atoms with Gasteiger partial charge in [0, 0.05) is 10.2 Å². The topological polar surface area (TPSA) is 29.1 Å². The minimum atomic E-state index is -0.308. The van der Waals surface area contributed by atoms with E-state index in [1.165, 1.54) is 0 Å². The standard InChI is InChI=1S/C15H12BrCl2NO/c1-2-9-8-10(16)6-7-13(9)19-15(20)14-11(17)4-3-5-12(14)18/h3-8H,2H2,1H3,(H,19,20). The zero-order valence-electron chi connectivity index (χ0n) is 10.7. The molecule has 0 heterocycles. The van der Waals surface area contributed by atoms with Crippen LogP contribution in [0.3, 0.4) is 0 Å². The summed E-state index contributed by atoms with van der Waals surface area (Å²) in [4.78, 5) is 12.3. The summed E-state index contributed by atoms with van der Waals surface area (Å²) >= 11 is 15.5. The zero-order valence-corrected chi connectivity index (χ0v) is 13.8. The average molecular weight is 373 g/mol. The SMILES string of the molecule is CCc1cc(Br)ccc1NC(=O)c1c(Cl)cccc1Cl. The van der Waals surface area contributed by atoms with Crippen molar-refractivity contribution in [3.8, 4) is 0 Å². The van der Waals surface area contributed by atoms with Crippen molar-refractivity contribution < 1.29 is 4.79 Å². The molecule has 2 nitrogen and oxygen atoms in total. The van der Waals surface area contributed by atoms with Crippen LogP contribution in [-0.4, -0.2) is 5.91 Å². The highest BCUT2D eigenvalue weighted by Gasteiger charge is 2.15. The summed E-state index contributed by atoms with van der Waals surface area (Å²) < 4.78 is 0.975. The van der Waals surface area contributed by atoms with Crippen molar-refractivity contribution in [2.45, 2.75) is 13.3 Å². The molecule has 1 N–H and O–H groups in total. The molecule has 0 unspecified atom stereocenters. The summed E-state index contributed by atoms with van der Waals surface area (Å²) in [6.07, 6.45) is 0.811. The third kappa shape index (κ3) is 3.35. The first-order chi connectivity index (χ1) is 9.52. The molecule has 0 spiro atoms. The molecule has 0 saturated carbocycles. The molecule has 104 valence electrons. The predicted molar refractivity (Wildman–Crippen MR) is 87.9 cm³/mol. The van der Waals surface area contributed by atoms with E-state index >= 15 is 0 Å². The van der Waals surface area contributed by atoms with Crippen LogP contribution in [0.25, 0.3) is 0 Å². The summed E-state index contributed by atoms with van der Waals surface area (Å²) in [6.45, 7) is 2.03. The minimum absolute atomic E-state index is 0.292. The summed E-state index contributed by atoms with van der Waals surface area (Å²) in [6, 6.07) is 10.7. The van der Waals surface area contributed by atoms with Gasteiger partial charge in [-0.25, -0.2) is 0 Å². The Morgan fingerprint density at radius 2 is 1.85 bits per heavy atom. The van der Waals surface area contributed by atoms with Crippen molar-refractivity contribution in [2.75, 3.05) is 5.32 Å². The van der Waals surface area contributed by atoms with E-state index in [2.05, 4.69) is 21.2 Å². The molecule has 1 amide bonds. The molecule has 2 aromatic carbocycles. The van der Waals surface area contributed by atoms with Crippen LogP contribution in [-0.2, 0) is 6.42 Å². The zero-order chi connectivity index (χ0) is 14.7. The Kier molecular flexibility index (Phi) is 5.08. The lowest BCUT2D eigenvalue weighted by atomic mass is 10.1. The van der Waals surface area contributed by atoms with Crippen molar-refractivity contribution in [3.63, 3.8) is 0 Å². The van der Waals surface area contributed by atoms with E-state index in [1.54, 1.807) is 18.2 Å². The number of carbonyl (C=O) groups excluding carboxylic acids is 1. The Labute approximate surface area is 136 Å². The lowest BCUT2D eigenvalue weighted by Crippen LogP contribution is -2.14. The van der Waals surface area contributed by atoms with Gasteiger partial charge in [0.15, 0.2) is 0 Å².